The molecule has 2 aromatic carbocycles. The third-order valence-electron chi connectivity index (χ3n) is 6.05. The maximum Gasteiger partial charge on any atom is 0.253 e. The van der Waals surface area contributed by atoms with Crippen LogP contribution in [0.25, 0.3) is 29.1 Å². The lowest BCUT2D eigenvalue weighted by molar-refractivity contribution is 0.0950. The number of benzene rings is 2. The quantitative estimate of drug-likeness (QED) is 0.248. The molecule has 0 radical (unpaired) electrons. The Bertz CT molecular complexity index is 1590. The van der Waals surface area contributed by atoms with Crippen LogP contribution in [0.2, 0.25) is 0 Å². The summed E-state index contributed by atoms with van der Waals surface area (Å²) in [7, 11) is 0. The van der Waals surface area contributed by atoms with Gasteiger partial charge in [-0.25, -0.2) is 4.98 Å². The maximum absolute atomic E-state index is 13.0. The zero-order chi connectivity index (χ0) is 25.6. The molecule has 37 heavy (non-hydrogen) atoms. The number of H-pyrrole nitrogens is 1. The van der Waals surface area contributed by atoms with Crippen LogP contribution in [-0.2, 0) is 13.1 Å². The average molecular weight is 490 g/mol. The number of anilines is 2. The van der Waals surface area contributed by atoms with Crippen molar-refractivity contribution in [3.8, 4) is 0 Å². The number of carbonyl (C=O) groups excluding carboxylic acids is 1. The van der Waals surface area contributed by atoms with Crippen LogP contribution in [-0.4, -0.2) is 30.6 Å². The van der Waals surface area contributed by atoms with E-state index in [-0.39, 0.29) is 5.91 Å². The molecule has 0 fully saturated rings. The first-order chi connectivity index (χ1) is 18.1. The van der Waals surface area contributed by atoms with Crippen LogP contribution in [0.15, 0.2) is 79.8 Å². The van der Waals surface area contributed by atoms with Gasteiger partial charge in [-0.3, -0.25) is 14.9 Å². The second kappa shape index (κ2) is 10.7. The molecule has 3 heterocycles. The van der Waals surface area contributed by atoms with Gasteiger partial charge in [-0.05, 0) is 67.1 Å². The molecule has 0 atom stereocenters. The highest BCUT2D eigenvalue weighted by molar-refractivity contribution is 6.00. The molecule has 0 unspecified atom stereocenters. The number of nitrogens with zero attached hydrogens (tertiary/aromatic N) is 4. The molecule has 8 heteroatoms. The summed E-state index contributed by atoms with van der Waals surface area (Å²) in [5, 5.41) is 14.9. The number of pyridine rings is 1. The van der Waals surface area contributed by atoms with Gasteiger partial charge < -0.3 is 15.2 Å². The van der Waals surface area contributed by atoms with Gasteiger partial charge in [-0.1, -0.05) is 24.8 Å². The van der Waals surface area contributed by atoms with Crippen molar-refractivity contribution >= 4 is 46.4 Å². The number of fused-ring (bicyclic) bond motifs is 1. The molecule has 3 aromatic heterocycles. The van der Waals surface area contributed by atoms with E-state index in [1.165, 1.54) is 0 Å². The van der Waals surface area contributed by atoms with Crippen molar-refractivity contribution in [3.63, 3.8) is 0 Å². The predicted octanol–water partition coefficient (Wildman–Crippen LogP) is 5.66. The molecular weight excluding hydrogens is 462 g/mol. The largest absolute Gasteiger partial charge is 0.355 e. The molecule has 184 valence electrons. The van der Waals surface area contributed by atoms with E-state index >= 15 is 0 Å². The lowest BCUT2D eigenvalue weighted by Crippen LogP contribution is -2.25. The van der Waals surface area contributed by atoms with E-state index in [1.807, 2.05) is 78.4 Å². The van der Waals surface area contributed by atoms with Crippen LogP contribution >= 0.6 is 0 Å². The maximum atomic E-state index is 13.0. The zero-order valence-electron chi connectivity index (χ0n) is 20.5. The van der Waals surface area contributed by atoms with Crippen molar-refractivity contribution in [2.45, 2.75) is 20.0 Å². The first-order valence-corrected chi connectivity index (χ1v) is 12.0. The Morgan fingerprint density at radius 1 is 1.08 bits per heavy atom. The lowest BCUT2D eigenvalue weighted by Gasteiger charge is -2.13. The Kier molecular flexibility index (Phi) is 6.89. The van der Waals surface area contributed by atoms with Gasteiger partial charge in [0, 0.05) is 36.2 Å². The van der Waals surface area contributed by atoms with Crippen molar-refractivity contribution in [1.82, 2.24) is 30.0 Å². The van der Waals surface area contributed by atoms with Crippen LogP contribution in [0.3, 0.4) is 0 Å². The van der Waals surface area contributed by atoms with Crippen LogP contribution in [0, 0.1) is 0 Å². The number of imidazole rings is 1. The van der Waals surface area contributed by atoms with Gasteiger partial charge >= 0.3 is 0 Å². The third kappa shape index (κ3) is 5.33. The Labute approximate surface area is 214 Å². The monoisotopic (exact) mass is 489 g/mol. The number of para-hydroxylation sites is 1. The van der Waals surface area contributed by atoms with Crippen molar-refractivity contribution < 1.29 is 4.79 Å². The molecule has 1 amide bonds. The first kappa shape index (κ1) is 23.7. The van der Waals surface area contributed by atoms with Gasteiger partial charge in [0.1, 0.15) is 5.82 Å². The number of rotatable bonds is 9. The standard InChI is InChI=1S/C29H27N7O/c1-3-20-13-14-30-21(17-20)10-12-26-23-11-9-22(18-27(23)35-34-26)33-25-8-6-5-7-24(25)29(37)32-19-28-31-15-16-36(28)4-2/h3,5-18,33H,1,4,19H2,2H3,(H,32,37)(H,34,35)/b12-10+. The molecule has 0 bridgehead atoms. The van der Waals surface area contributed by atoms with Crippen LogP contribution < -0.4 is 10.6 Å². The second-order valence-electron chi connectivity index (χ2n) is 8.40. The average Bonchev–Trinajstić information content (AvgIpc) is 3.57. The number of aromatic amines is 1. The molecule has 0 aliphatic carbocycles. The van der Waals surface area contributed by atoms with E-state index < -0.39 is 0 Å². The van der Waals surface area contributed by atoms with E-state index in [1.54, 1.807) is 24.5 Å². The van der Waals surface area contributed by atoms with E-state index in [4.69, 9.17) is 0 Å². The minimum Gasteiger partial charge on any atom is -0.355 e. The number of carbonyl (C=O) groups is 1. The molecule has 0 spiro atoms. The van der Waals surface area contributed by atoms with Crippen molar-refractivity contribution in [1.29, 1.82) is 0 Å². The fraction of sp³-hybridized carbons (Fsp3) is 0.103. The highest BCUT2D eigenvalue weighted by Gasteiger charge is 2.13. The zero-order valence-corrected chi connectivity index (χ0v) is 20.5. The van der Waals surface area contributed by atoms with Crippen LogP contribution in [0.4, 0.5) is 11.4 Å². The Hall–Kier alpha value is -4.98. The van der Waals surface area contributed by atoms with Gasteiger partial charge in [0.25, 0.3) is 5.91 Å². The summed E-state index contributed by atoms with van der Waals surface area (Å²) in [5.74, 6) is 0.651. The molecule has 0 aliphatic heterocycles. The number of amides is 1. The normalized spacial score (nSPS) is 11.2. The summed E-state index contributed by atoms with van der Waals surface area (Å²) in [6, 6.07) is 17.3. The summed E-state index contributed by atoms with van der Waals surface area (Å²) >= 11 is 0. The van der Waals surface area contributed by atoms with E-state index in [0.29, 0.717) is 17.8 Å². The van der Waals surface area contributed by atoms with Gasteiger partial charge in [0.05, 0.1) is 34.7 Å². The lowest BCUT2D eigenvalue weighted by atomic mass is 10.1. The summed E-state index contributed by atoms with van der Waals surface area (Å²) in [5.41, 5.74) is 5.65. The SMILES string of the molecule is C=Cc1ccnc(/C=C/c2n[nH]c3cc(Nc4ccccc4C(=O)NCc4nccn4CC)ccc23)c1. The third-order valence-corrected chi connectivity index (χ3v) is 6.05. The molecule has 5 rings (SSSR count). The minimum atomic E-state index is -0.169. The van der Waals surface area contributed by atoms with Gasteiger partial charge in [0.15, 0.2) is 0 Å². The number of aromatic nitrogens is 5. The summed E-state index contributed by atoms with van der Waals surface area (Å²) in [6.07, 6.45) is 11.1. The highest BCUT2D eigenvalue weighted by atomic mass is 16.1. The summed E-state index contributed by atoms with van der Waals surface area (Å²) in [4.78, 5) is 21.7. The first-order valence-electron chi connectivity index (χ1n) is 12.0. The topological polar surface area (TPSA) is 101 Å². The number of nitrogens with one attached hydrogen (secondary N) is 3. The van der Waals surface area contributed by atoms with Crippen molar-refractivity contribution in [3.05, 3.63) is 108 Å². The Morgan fingerprint density at radius 3 is 2.84 bits per heavy atom. The van der Waals surface area contributed by atoms with E-state index in [2.05, 4.69) is 37.4 Å². The summed E-state index contributed by atoms with van der Waals surface area (Å²) < 4.78 is 2.00. The Balaban J connectivity index is 1.32. The summed E-state index contributed by atoms with van der Waals surface area (Å²) in [6.45, 7) is 7.01. The molecule has 5 aromatic rings. The number of hydrogen-bond acceptors (Lipinski definition) is 5. The molecule has 0 saturated carbocycles. The molecule has 3 N–H and O–H groups in total. The highest BCUT2D eigenvalue weighted by Crippen LogP contribution is 2.26. The van der Waals surface area contributed by atoms with Crippen molar-refractivity contribution in [2.24, 2.45) is 0 Å². The number of aryl methyl sites for hydroxylation is 1. The van der Waals surface area contributed by atoms with Gasteiger partial charge in [-0.15, -0.1) is 0 Å². The fourth-order valence-electron chi connectivity index (χ4n) is 4.09. The predicted molar refractivity (Wildman–Crippen MR) is 148 cm³/mol. The smallest absolute Gasteiger partial charge is 0.253 e. The Morgan fingerprint density at radius 2 is 1.97 bits per heavy atom. The van der Waals surface area contributed by atoms with Crippen molar-refractivity contribution in [2.75, 3.05) is 5.32 Å². The second-order valence-corrected chi connectivity index (χ2v) is 8.40. The number of hydrogen-bond donors (Lipinski definition) is 3. The molecule has 0 aliphatic rings. The molecular formula is C29H27N7O. The molecule has 8 nitrogen and oxygen atoms in total. The van der Waals surface area contributed by atoms with Gasteiger partial charge in [0.2, 0.25) is 0 Å². The van der Waals surface area contributed by atoms with Crippen LogP contribution in [0.1, 0.15) is 40.1 Å². The van der Waals surface area contributed by atoms with E-state index in [9.17, 15) is 4.79 Å². The minimum absolute atomic E-state index is 0.169. The van der Waals surface area contributed by atoms with Crippen LogP contribution in [0.5, 0.6) is 0 Å². The molecule has 0 saturated heterocycles. The van der Waals surface area contributed by atoms with E-state index in [0.717, 1.165) is 45.9 Å². The fourth-order valence-corrected chi connectivity index (χ4v) is 4.09. The van der Waals surface area contributed by atoms with Gasteiger partial charge in [-0.2, -0.15) is 5.10 Å².